The summed E-state index contributed by atoms with van der Waals surface area (Å²) in [4.78, 5) is 37.7. The van der Waals surface area contributed by atoms with Crippen LogP contribution in [0.1, 0.15) is 64.7 Å². The molecule has 39 heavy (non-hydrogen) atoms. The topological polar surface area (TPSA) is 187 Å². The molecule has 13 nitrogen and oxygen atoms in total. The lowest BCUT2D eigenvalue weighted by Crippen LogP contribution is -2.64. The molecule has 3 amide bonds. The Morgan fingerprint density at radius 3 is 2.36 bits per heavy atom. The van der Waals surface area contributed by atoms with Gasteiger partial charge < -0.3 is 50.2 Å². The maximum absolute atomic E-state index is 12.4. The van der Waals surface area contributed by atoms with Gasteiger partial charge in [0.25, 0.3) is 0 Å². The van der Waals surface area contributed by atoms with E-state index in [0.717, 1.165) is 25.7 Å². The highest BCUT2D eigenvalue weighted by molar-refractivity contribution is 5.77. The van der Waals surface area contributed by atoms with Crippen molar-refractivity contribution in [3.8, 4) is 0 Å². The Morgan fingerprint density at radius 2 is 1.69 bits per heavy atom. The predicted molar refractivity (Wildman–Crippen MR) is 139 cm³/mol. The highest BCUT2D eigenvalue weighted by Crippen LogP contribution is 2.23. The molecule has 0 aromatic rings. The molecule has 2 saturated heterocycles. The summed E-state index contributed by atoms with van der Waals surface area (Å²) in [6, 6.07) is -1.14. The molecule has 0 aromatic carbocycles. The fourth-order valence-electron chi connectivity index (χ4n) is 4.94. The molecular formula is C26H47N3O10. The van der Waals surface area contributed by atoms with Crippen LogP contribution in [0.4, 0.5) is 0 Å². The Balaban J connectivity index is 1.52. The van der Waals surface area contributed by atoms with Crippen LogP contribution in [0.3, 0.4) is 0 Å². The van der Waals surface area contributed by atoms with Crippen LogP contribution in [0.15, 0.2) is 0 Å². The number of aliphatic hydroxyl groups excluding tert-OH is 4. The van der Waals surface area contributed by atoms with Gasteiger partial charge >= 0.3 is 0 Å². The number of unbranched alkanes of at least 4 members (excludes halogenated alkanes) is 4. The molecule has 7 atom stereocenters. The van der Waals surface area contributed by atoms with Crippen molar-refractivity contribution in [2.75, 3.05) is 40.0 Å². The summed E-state index contributed by atoms with van der Waals surface area (Å²) in [5, 5.41) is 44.5. The van der Waals surface area contributed by atoms with Crippen molar-refractivity contribution < 1.29 is 49.0 Å². The van der Waals surface area contributed by atoms with Gasteiger partial charge in [0, 0.05) is 46.6 Å². The van der Waals surface area contributed by atoms with E-state index in [9.17, 15) is 34.8 Å². The average Bonchev–Trinajstić information content (AvgIpc) is 3.35. The van der Waals surface area contributed by atoms with Crippen molar-refractivity contribution in [2.45, 2.75) is 108 Å². The maximum atomic E-state index is 12.4. The summed E-state index contributed by atoms with van der Waals surface area (Å²) in [5.74, 6) is -0.418. The molecule has 226 valence electrons. The fraction of sp³-hybridized carbons (Fsp3) is 0.885. The minimum absolute atomic E-state index is 0.0224. The highest BCUT2D eigenvalue weighted by atomic mass is 16.7. The maximum Gasteiger partial charge on any atom is 0.222 e. The van der Waals surface area contributed by atoms with E-state index in [1.807, 2.05) is 0 Å². The molecule has 13 heteroatoms. The van der Waals surface area contributed by atoms with Crippen molar-refractivity contribution in [2.24, 2.45) is 0 Å². The monoisotopic (exact) mass is 561 g/mol. The molecule has 2 unspecified atom stereocenters. The minimum Gasteiger partial charge on any atom is -0.394 e. The van der Waals surface area contributed by atoms with Gasteiger partial charge in [0.2, 0.25) is 17.7 Å². The van der Waals surface area contributed by atoms with Crippen LogP contribution in [0.25, 0.3) is 0 Å². The number of carbonyl (C=O) groups is 3. The van der Waals surface area contributed by atoms with E-state index in [1.54, 1.807) is 12.0 Å². The van der Waals surface area contributed by atoms with Gasteiger partial charge in [0.15, 0.2) is 6.29 Å². The van der Waals surface area contributed by atoms with Gasteiger partial charge in [0.1, 0.15) is 24.4 Å². The zero-order valence-corrected chi connectivity index (χ0v) is 23.1. The molecule has 2 aliphatic rings. The summed E-state index contributed by atoms with van der Waals surface area (Å²) in [6.45, 7) is 2.04. The second kappa shape index (κ2) is 17.7. The number of methoxy groups -OCH3 is 1. The van der Waals surface area contributed by atoms with Crippen LogP contribution in [0.5, 0.6) is 0 Å². The summed E-state index contributed by atoms with van der Waals surface area (Å²) < 4.78 is 16.5. The van der Waals surface area contributed by atoms with Crippen LogP contribution in [0.2, 0.25) is 0 Å². The van der Waals surface area contributed by atoms with Crippen LogP contribution < -0.4 is 10.6 Å². The first-order chi connectivity index (χ1) is 18.7. The Labute approximate surface area is 230 Å². The number of hydrogen-bond donors (Lipinski definition) is 6. The molecule has 0 aliphatic carbocycles. The first kappa shape index (κ1) is 33.3. The quantitative estimate of drug-likeness (QED) is 0.118. The second-order valence-corrected chi connectivity index (χ2v) is 10.3. The number of likely N-dealkylation sites (tertiary alicyclic amines) is 1. The molecule has 0 aromatic heterocycles. The second-order valence-electron chi connectivity index (χ2n) is 10.3. The third-order valence-corrected chi connectivity index (χ3v) is 7.21. The summed E-state index contributed by atoms with van der Waals surface area (Å²) in [5.41, 5.74) is 0. The van der Waals surface area contributed by atoms with E-state index in [-0.39, 0.29) is 37.2 Å². The Kier molecular flexibility index (Phi) is 15.2. The number of carbonyl (C=O) groups excluding carboxylic acids is 3. The van der Waals surface area contributed by atoms with Gasteiger partial charge in [-0.3, -0.25) is 14.4 Å². The van der Waals surface area contributed by atoms with Crippen molar-refractivity contribution >= 4 is 17.7 Å². The first-order valence-corrected chi connectivity index (χ1v) is 13.9. The zero-order chi connectivity index (χ0) is 28.8. The third-order valence-electron chi connectivity index (χ3n) is 7.21. The van der Waals surface area contributed by atoms with Crippen LogP contribution in [-0.4, -0.2) is 126 Å². The molecule has 6 N–H and O–H groups in total. The molecule has 2 heterocycles. The number of nitrogens with one attached hydrogen (secondary N) is 2. The van der Waals surface area contributed by atoms with Gasteiger partial charge in [-0.15, -0.1) is 0 Å². The number of nitrogens with zero attached hydrogens (tertiary/aromatic N) is 1. The first-order valence-electron chi connectivity index (χ1n) is 13.9. The molecule has 2 rings (SSSR count). The van der Waals surface area contributed by atoms with Crippen LogP contribution in [-0.2, 0) is 28.6 Å². The molecule has 2 aliphatic heterocycles. The van der Waals surface area contributed by atoms with E-state index >= 15 is 0 Å². The standard InChI is InChI=1S/C26H47N3O10/c1-17(32)28-23-25(36)24(35)20(16-31)39-26(23)38-12-8-4-5-9-21(33)27-11-7-3-6-10-22(34)29-14-19(37-2)13-18(29)15-30/h18-20,23-26,30-31,35-36H,3-16H2,1-2H3,(H,27,33)(H,28,32)/t18-,19+,20?,23-,24-,25?,26+/m0/s1. The predicted octanol–water partition coefficient (Wildman–Crippen LogP) is -1.21. The fourth-order valence-corrected chi connectivity index (χ4v) is 4.94. The van der Waals surface area contributed by atoms with Gasteiger partial charge in [-0.1, -0.05) is 12.8 Å². The van der Waals surface area contributed by atoms with Gasteiger partial charge in [-0.2, -0.15) is 0 Å². The SMILES string of the molecule is CO[C@@H]1C[C@@H](CO)N(C(=O)CCCCCNC(=O)CCCCCO[C@@H]2OC(CO)[C@H](O)C(O)[C@@H]2NC(C)=O)C1. The van der Waals surface area contributed by atoms with Crippen molar-refractivity contribution in [1.82, 2.24) is 15.5 Å². The number of ether oxygens (including phenoxy) is 3. The Hall–Kier alpha value is -1.87. The average molecular weight is 562 g/mol. The lowest BCUT2D eigenvalue weighted by atomic mass is 9.97. The highest BCUT2D eigenvalue weighted by Gasteiger charge is 2.45. The smallest absolute Gasteiger partial charge is 0.222 e. The Morgan fingerprint density at radius 1 is 0.974 bits per heavy atom. The van der Waals surface area contributed by atoms with Gasteiger partial charge in [0.05, 0.1) is 25.4 Å². The molecule has 0 spiro atoms. The van der Waals surface area contributed by atoms with Crippen LogP contribution >= 0.6 is 0 Å². The van der Waals surface area contributed by atoms with Crippen molar-refractivity contribution in [1.29, 1.82) is 0 Å². The van der Waals surface area contributed by atoms with Crippen LogP contribution in [0, 0.1) is 0 Å². The van der Waals surface area contributed by atoms with E-state index in [4.69, 9.17) is 14.2 Å². The number of rotatable bonds is 17. The molecule has 0 bridgehead atoms. The normalized spacial score (nSPS) is 28.9. The number of amides is 3. The third kappa shape index (κ3) is 10.9. The van der Waals surface area contributed by atoms with Gasteiger partial charge in [-0.05, 0) is 32.1 Å². The molecule has 2 fully saturated rings. The minimum atomic E-state index is -1.36. The van der Waals surface area contributed by atoms with Crippen molar-refractivity contribution in [3.63, 3.8) is 0 Å². The largest absolute Gasteiger partial charge is 0.394 e. The zero-order valence-electron chi connectivity index (χ0n) is 23.1. The number of aliphatic hydroxyl groups is 4. The lowest BCUT2D eigenvalue weighted by Gasteiger charge is -2.42. The molecule has 0 radical (unpaired) electrons. The Bertz CT molecular complexity index is 757. The van der Waals surface area contributed by atoms with E-state index in [0.29, 0.717) is 45.2 Å². The number of hydrogen-bond acceptors (Lipinski definition) is 10. The van der Waals surface area contributed by atoms with Crippen molar-refractivity contribution in [3.05, 3.63) is 0 Å². The molecule has 0 saturated carbocycles. The van der Waals surface area contributed by atoms with E-state index in [1.165, 1.54) is 6.92 Å². The van der Waals surface area contributed by atoms with E-state index in [2.05, 4.69) is 10.6 Å². The summed E-state index contributed by atoms with van der Waals surface area (Å²) in [6.07, 6.45) is 1.02. The summed E-state index contributed by atoms with van der Waals surface area (Å²) in [7, 11) is 1.61. The van der Waals surface area contributed by atoms with Gasteiger partial charge in [-0.25, -0.2) is 0 Å². The lowest BCUT2D eigenvalue weighted by molar-refractivity contribution is -0.270. The molecular weight excluding hydrogens is 514 g/mol. The summed E-state index contributed by atoms with van der Waals surface area (Å²) >= 11 is 0. The van der Waals surface area contributed by atoms with E-state index < -0.39 is 43.2 Å².